The summed E-state index contributed by atoms with van der Waals surface area (Å²) in [6.45, 7) is 1.25. The van der Waals surface area contributed by atoms with Crippen LogP contribution >= 0.6 is 0 Å². The van der Waals surface area contributed by atoms with Crippen molar-refractivity contribution in [3.05, 3.63) is 90.4 Å². The minimum absolute atomic E-state index is 0.0213. The van der Waals surface area contributed by atoms with Crippen LogP contribution in [0.1, 0.15) is 34.9 Å². The Morgan fingerprint density at radius 2 is 1.67 bits per heavy atom. The van der Waals surface area contributed by atoms with E-state index >= 15 is 0 Å². The molecule has 0 bridgehead atoms. The molecule has 0 aliphatic carbocycles. The molecule has 1 unspecified atom stereocenters. The molecule has 4 aromatic rings. The van der Waals surface area contributed by atoms with E-state index in [1.54, 1.807) is 12.1 Å². The molecule has 3 heterocycles. The van der Waals surface area contributed by atoms with Crippen LogP contribution in [0.4, 0.5) is 0 Å². The second kappa shape index (κ2) is 9.24. The van der Waals surface area contributed by atoms with Crippen molar-refractivity contribution in [1.29, 1.82) is 0 Å². The van der Waals surface area contributed by atoms with E-state index in [2.05, 4.69) is 15.5 Å². The molecule has 1 saturated heterocycles. The van der Waals surface area contributed by atoms with E-state index in [0.717, 1.165) is 35.4 Å². The third-order valence-electron chi connectivity index (χ3n) is 6.13. The summed E-state index contributed by atoms with van der Waals surface area (Å²) in [5, 5.41) is 11.4. The molecule has 1 N–H and O–H groups in total. The second-order valence-corrected chi connectivity index (χ2v) is 8.29. The quantitative estimate of drug-likeness (QED) is 0.516. The van der Waals surface area contributed by atoms with Crippen molar-refractivity contribution < 1.29 is 9.59 Å². The minimum atomic E-state index is -0.250. The summed E-state index contributed by atoms with van der Waals surface area (Å²) in [7, 11) is 0. The first kappa shape index (κ1) is 20.9. The van der Waals surface area contributed by atoms with Crippen LogP contribution in [0.2, 0.25) is 0 Å². The highest BCUT2D eigenvalue weighted by atomic mass is 16.2. The molecule has 2 amide bonds. The highest BCUT2D eigenvalue weighted by Gasteiger charge is 2.28. The number of fused-ring (bicyclic) bond motifs is 1. The Morgan fingerprint density at radius 1 is 0.909 bits per heavy atom. The molecule has 1 aliphatic rings. The lowest BCUT2D eigenvalue weighted by Gasteiger charge is -2.32. The number of amides is 2. The number of nitrogens with one attached hydrogen (secondary N) is 1. The Kier molecular flexibility index (Phi) is 5.85. The Labute approximate surface area is 192 Å². The van der Waals surface area contributed by atoms with Crippen LogP contribution in [-0.2, 0) is 4.79 Å². The zero-order chi connectivity index (χ0) is 22.6. The summed E-state index contributed by atoms with van der Waals surface area (Å²) >= 11 is 0. The van der Waals surface area contributed by atoms with Crippen LogP contribution in [0.15, 0.2) is 79.0 Å². The molecule has 7 nitrogen and oxygen atoms in total. The summed E-state index contributed by atoms with van der Waals surface area (Å²) in [6, 6.07) is 23.2. The minimum Gasteiger partial charge on any atom is -0.343 e. The molecule has 7 heteroatoms. The van der Waals surface area contributed by atoms with Crippen molar-refractivity contribution in [2.75, 3.05) is 19.6 Å². The van der Waals surface area contributed by atoms with E-state index in [9.17, 15) is 9.59 Å². The number of carbonyl (C=O) groups excluding carboxylic acids is 2. The van der Waals surface area contributed by atoms with E-state index < -0.39 is 0 Å². The summed E-state index contributed by atoms with van der Waals surface area (Å²) < 4.78 is 1.99. The van der Waals surface area contributed by atoms with E-state index in [0.29, 0.717) is 18.7 Å². The third kappa shape index (κ3) is 4.48. The number of rotatable bonds is 5. The SMILES string of the molecule is O=C(NCC(=O)N1CCCC(c2nnc3ccccn23)C1)c1ccc(-c2ccccc2)cc1. The predicted molar refractivity (Wildman–Crippen MR) is 126 cm³/mol. The average Bonchev–Trinajstić information content (AvgIpc) is 3.32. The number of likely N-dealkylation sites (tertiary alicyclic amines) is 1. The number of pyridine rings is 1. The first-order chi connectivity index (χ1) is 16.2. The second-order valence-electron chi connectivity index (χ2n) is 8.29. The predicted octanol–water partition coefficient (Wildman–Crippen LogP) is 3.53. The van der Waals surface area contributed by atoms with Crippen LogP contribution in [-0.4, -0.2) is 50.9 Å². The number of benzene rings is 2. The van der Waals surface area contributed by atoms with Gasteiger partial charge in [0.25, 0.3) is 5.91 Å². The zero-order valence-electron chi connectivity index (χ0n) is 18.2. The maximum atomic E-state index is 12.8. The number of hydrogen-bond acceptors (Lipinski definition) is 4. The number of nitrogens with zero attached hydrogens (tertiary/aromatic N) is 4. The van der Waals surface area contributed by atoms with Crippen LogP contribution in [0.3, 0.4) is 0 Å². The van der Waals surface area contributed by atoms with Crippen LogP contribution in [0.5, 0.6) is 0 Å². The number of piperidine rings is 1. The van der Waals surface area contributed by atoms with E-state index in [-0.39, 0.29) is 24.3 Å². The largest absolute Gasteiger partial charge is 0.343 e. The van der Waals surface area contributed by atoms with Crippen molar-refractivity contribution in [2.24, 2.45) is 0 Å². The summed E-state index contributed by atoms with van der Waals surface area (Å²) in [6.07, 6.45) is 3.81. The smallest absolute Gasteiger partial charge is 0.251 e. The zero-order valence-corrected chi connectivity index (χ0v) is 18.2. The van der Waals surface area contributed by atoms with Gasteiger partial charge in [-0.25, -0.2) is 0 Å². The van der Waals surface area contributed by atoms with Gasteiger partial charge in [0.05, 0.1) is 6.54 Å². The number of hydrogen-bond donors (Lipinski definition) is 1. The fraction of sp³-hybridized carbons (Fsp3) is 0.231. The van der Waals surface area contributed by atoms with Gasteiger partial charge >= 0.3 is 0 Å². The van der Waals surface area contributed by atoms with Gasteiger partial charge in [-0.05, 0) is 48.2 Å². The molecule has 2 aromatic heterocycles. The topological polar surface area (TPSA) is 79.6 Å². The van der Waals surface area contributed by atoms with E-state index in [1.165, 1.54) is 0 Å². The molecule has 1 fully saturated rings. The number of carbonyl (C=O) groups is 2. The van der Waals surface area contributed by atoms with Gasteiger partial charge in [-0.1, -0.05) is 48.5 Å². The Balaban J connectivity index is 1.19. The van der Waals surface area contributed by atoms with E-state index in [1.807, 2.05) is 76.2 Å². The summed E-state index contributed by atoms with van der Waals surface area (Å²) in [5.74, 6) is 0.676. The van der Waals surface area contributed by atoms with Crippen LogP contribution < -0.4 is 5.32 Å². The van der Waals surface area contributed by atoms with Gasteiger partial charge in [-0.3, -0.25) is 14.0 Å². The van der Waals surface area contributed by atoms with Gasteiger partial charge in [-0.2, -0.15) is 0 Å². The lowest BCUT2D eigenvalue weighted by Crippen LogP contribution is -2.44. The average molecular weight is 440 g/mol. The fourth-order valence-corrected chi connectivity index (χ4v) is 4.37. The lowest BCUT2D eigenvalue weighted by molar-refractivity contribution is -0.131. The molecular weight excluding hydrogens is 414 g/mol. The van der Waals surface area contributed by atoms with Crippen molar-refractivity contribution in [3.8, 4) is 11.1 Å². The van der Waals surface area contributed by atoms with Gasteiger partial charge < -0.3 is 10.2 Å². The Morgan fingerprint density at radius 3 is 2.48 bits per heavy atom. The molecule has 1 atom stereocenters. The maximum absolute atomic E-state index is 12.8. The highest BCUT2D eigenvalue weighted by Crippen LogP contribution is 2.26. The molecule has 166 valence electrons. The molecular formula is C26H25N5O2. The Bertz CT molecular complexity index is 1270. The van der Waals surface area contributed by atoms with Gasteiger partial charge in [0.2, 0.25) is 5.91 Å². The van der Waals surface area contributed by atoms with Gasteiger partial charge in [0.1, 0.15) is 5.82 Å². The first-order valence-corrected chi connectivity index (χ1v) is 11.2. The molecule has 2 aromatic carbocycles. The molecule has 0 radical (unpaired) electrons. The monoisotopic (exact) mass is 439 g/mol. The molecule has 1 aliphatic heterocycles. The number of aromatic nitrogens is 3. The lowest BCUT2D eigenvalue weighted by atomic mass is 9.97. The van der Waals surface area contributed by atoms with Crippen LogP contribution in [0, 0.1) is 0 Å². The fourth-order valence-electron chi connectivity index (χ4n) is 4.37. The normalized spacial score (nSPS) is 16.0. The van der Waals surface area contributed by atoms with Gasteiger partial charge in [0, 0.05) is 30.8 Å². The molecule has 0 spiro atoms. The van der Waals surface area contributed by atoms with Gasteiger partial charge in [0.15, 0.2) is 5.65 Å². The first-order valence-electron chi connectivity index (χ1n) is 11.2. The highest BCUT2D eigenvalue weighted by molar-refractivity contribution is 5.96. The molecule has 0 saturated carbocycles. The van der Waals surface area contributed by atoms with Crippen molar-refractivity contribution >= 4 is 17.5 Å². The van der Waals surface area contributed by atoms with E-state index in [4.69, 9.17) is 0 Å². The van der Waals surface area contributed by atoms with Crippen molar-refractivity contribution in [1.82, 2.24) is 24.8 Å². The standard InChI is InChI=1S/C26H25N5O2/c32-24(17-27-26(33)21-13-11-20(12-14-21)19-7-2-1-3-8-19)30-15-6-9-22(18-30)25-29-28-23-10-4-5-16-31(23)25/h1-5,7-8,10-14,16,22H,6,9,15,17-18H2,(H,27,33). The van der Waals surface area contributed by atoms with Crippen LogP contribution in [0.25, 0.3) is 16.8 Å². The summed E-state index contributed by atoms with van der Waals surface area (Å²) in [4.78, 5) is 27.2. The van der Waals surface area contributed by atoms with Crippen molar-refractivity contribution in [2.45, 2.75) is 18.8 Å². The molecule has 33 heavy (non-hydrogen) atoms. The Hall–Kier alpha value is -4.00. The molecule has 5 rings (SSSR count). The third-order valence-corrected chi connectivity index (χ3v) is 6.13. The van der Waals surface area contributed by atoms with Crippen molar-refractivity contribution in [3.63, 3.8) is 0 Å². The van der Waals surface area contributed by atoms with Gasteiger partial charge in [-0.15, -0.1) is 10.2 Å². The summed E-state index contributed by atoms with van der Waals surface area (Å²) in [5.41, 5.74) is 3.48. The maximum Gasteiger partial charge on any atom is 0.251 e.